The third-order valence-corrected chi connectivity index (χ3v) is 3.07. The highest BCUT2D eigenvalue weighted by molar-refractivity contribution is 5.58. The van der Waals surface area contributed by atoms with E-state index in [2.05, 4.69) is 42.9 Å². The van der Waals surface area contributed by atoms with Crippen molar-refractivity contribution < 1.29 is 9.57 Å². The topological polar surface area (TPSA) is 24.9 Å². The van der Waals surface area contributed by atoms with Crippen LogP contribution in [0.2, 0.25) is 0 Å². The van der Waals surface area contributed by atoms with E-state index in [9.17, 15) is 0 Å². The predicted octanol–water partition coefficient (Wildman–Crippen LogP) is 2.55. The highest BCUT2D eigenvalue weighted by atomic mass is 16.7. The molecule has 1 heterocycles. The Balaban J connectivity index is 1.96. The van der Waals surface area contributed by atoms with Crippen LogP contribution in [0.5, 0.6) is 5.75 Å². The molecule has 0 bridgehead atoms. The fourth-order valence-electron chi connectivity index (χ4n) is 2.30. The number of nitrogens with zero attached hydrogens (tertiary/aromatic N) is 2. The van der Waals surface area contributed by atoms with E-state index in [1.165, 1.54) is 5.69 Å². The molecule has 106 valence electrons. The second-order valence-electron chi connectivity index (χ2n) is 5.79. The van der Waals surface area contributed by atoms with Gasteiger partial charge < -0.3 is 9.64 Å². The number of methoxy groups -OCH3 is 1. The van der Waals surface area contributed by atoms with Gasteiger partial charge in [-0.05, 0) is 32.9 Å². The van der Waals surface area contributed by atoms with Gasteiger partial charge in [-0.3, -0.25) is 4.84 Å². The molecule has 0 atom stereocenters. The SMILES string of the molecule is COc1ccccc1N1CCN(OC(C)(C)C)CC1. The van der Waals surface area contributed by atoms with E-state index < -0.39 is 0 Å². The number of hydroxylamine groups is 2. The van der Waals surface area contributed by atoms with E-state index in [1.807, 2.05) is 12.1 Å². The third kappa shape index (κ3) is 3.85. The zero-order valence-corrected chi connectivity index (χ0v) is 12.3. The minimum absolute atomic E-state index is 0.118. The van der Waals surface area contributed by atoms with Crippen molar-refractivity contribution in [2.24, 2.45) is 0 Å². The first-order valence-electron chi connectivity index (χ1n) is 6.81. The Labute approximate surface area is 115 Å². The molecule has 1 aliphatic heterocycles. The van der Waals surface area contributed by atoms with Crippen molar-refractivity contribution >= 4 is 5.69 Å². The van der Waals surface area contributed by atoms with Crippen LogP contribution < -0.4 is 9.64 Å². The maximum absolute atomic E-state index is 5.89. The summed E-state index contributed by atoms with van der Waals surface area (Å²) in [5.74, 6) is 0.938. The molecule has 0 unspecified atom stereocenters. The standard InChI is InChI=1S/C15H24N2O2/c1-15(2,3)19-17-11-9-16(10-12-17)13-7-5-6-8-14(13)18-4/h5-8H,9-12H2,1-4H3. The number of hydrogen-bond donors (Lipinski definition) is 0. The first-order chi connectivity index (χ1) is 8.99. The molecule has 1 saturated heterocycles. The van der Waals surface area contributed by atoms with Gasteiger partial charge in [0.05, 0.1) is 18.4 Å². The van der Waals surface area contributed by atoms with Crippen LogP contribution in [0.4, 0.5) is 5.69 Å². The maximum Gasteiger partial charge on any atom is 0.142 e. The van der Waals surface area contributed by atoms with Crippen LogP contribution in [0.3, 0.4) is 0 Å². The van der Waals surface area contributed by atoms with E-state index in [0.29, 0.717) is 0 Å². The number of rotatable bonds is 3. The van der Waals surface area contributed by atoms with Gasteiger partial charge in [-0.15, -0.1) is 0 Å². The van der Waals surface area contributed by atoms with Crippen molar-refractivity contribution in [3.63, 3.8) is 0 Å². The zero-order chi connectivity index (χ0) is 13.9. The molecule has 1 aromatic rings. The molecule has 0 radical (unpaired) electrons. The van der Waals surface area contributed by atoms with Crippen molar-refractivity contribution in [2.75, 3.05) is 38.2 Å². The summed E-state index contributed by atoms with van der Waals surface area (Å²) in [4.78, 5) is 8.24. The van der Waals surface area contributed by atoms with Gasteiger partial charge in [0.1, 0.15) is 5.75 Å². The predicted molar refractivity (Wildman–Crippen MR) is 77.6 cm³/mol. The van der Waals surface area contributed by atoms with Crippen molar-refractivity contribution in [2.45, 2.75) is 26.4 Å². The Morgan fingerprint density at radius 2 is 1.63 bits per heavy atom. The van der Waals surface area contributed by atoms with Gasteiger partial charge in [0.15, 0.2) is 0 Å². The first-order valence-corrected chi connectivity index (χ1v) is 6.81. The maximum atomic E-state index is 5.89. The number of hydrogen-bond acceptors (Lipinski definition) is 4. The van der Waals surface area contributed by atoms with E-state index in [0.717, 1.165) is 31.9 Å². The number of ether oxygens (including phenoxy) is 1. The van der Waals surface area contributed by atoms with Crippen molar-refractivity contribution in [1.82, 2.24) is 5.06 Å². The van der Waals surface area contributed by atoms with E-state index in [-0.39, 0.29) is 5.60 Å². The van der Waals surface area contributed by atoms with Crippen molar-refractivity contribution in [3.8, 4) is 5.75 Å². The average Bonchev–Trinajstić information content (AvgIpc) is 2.38. The van der Waals surface area contributed by atoms with Crippen LogP contribution in [0, 0.1) is 0 Å². The van der Waals surface area contributed by atoms with E-state index in [4.69, 9.17) is 9.57 Å². The molecule has 0 N–H and O–H groups in total. The summed E-state index contributed by atoms with van der Waals surface area (Å²) in [6.45, 7) is 9.98. The van der Waals surface area contributed by atoms with Gasteiger partial charge in [0.2, 0.25) is 0 Å². The van der Waals surface area contributed by atoms with Gasteiger partial charge in [-0.25, -0.2) is 0 Å². The lowest BCUT2D eigenvalue weighted by Crippen LogP contribution is -2.48. The first kappa shape index (κ1) is 14.2. The summed E-state index contributed by atoms with van der Waals surface area (Å²) >= 11 is 0. The molecule has 0 saturated carbocycles. The third-order valence-electron chi connectivity index (χ3n) is 3.07. The zero-order valence-electron chi connectivity index (χ0n) is 12.3. The minimum atomic E-state index is -0.118. The Kier molecular flexibility index (Phi) is 4.32. The number of anilines is 1. The monoisotopic (exact) mass is 264 g/mol. The molecule has 0 aromatic heterocycles. The Morgan fingerprint density at radius 1 is 1.00 bits per heavy atom. The summed E-state index contributed by atoms with van der Waals surface area (Å²) in [6.07, 6.45) is 0. The van der Waals surface area contributed by atoms with Crippen LogP contribution in [0.25, 0.3) is 0 Å². The van der Waals surface area contributed by atoms with Crippen LogP contribution >= 0.6 is 0 Å². The summed E-state index contributed by atoms with van der Waals surface area (Å²) in [6, 6.07) is 8.17. The number of para-hydroxylation sites is 2. The van der Waals surface area contributed by atoms with Crippen LogP contribution in [0.1, 0.15) is 20.8 Å². The number of piperazine rings is 1. The van der Waals surface area contributed by atoms with Crippen molar-refractivity contribution in [1.29, 1.82) is 0 Å². The fraction of sp³-hybridized carbons (Fsp3) is 0.600. The number of benzene rings is 1. The molecule has 0 amide bonds. The molecular weight excluding hydrogens is 240 g/mol. The molecule has 0 spiro atoms. The summed E-state index contributed by atoms with van der Waals surface area (Å²) in [7, 11) is 1.72. The van der Waals surface area contributed by atoms with Gasteiger partial charge in [0.25, 0.3) is 0 Å². The molecule has 4 heteroatoms. The van der Waals surface area contributed by atoms with Gasteiger partial charge in [-0.1, -0.05) is 12.1 Å². The van der Waals surface area contributed by atoms with Crippen LogP contribution in [0.15, 0.2) is 24.3 Å². The lowest BCUT2D eigenvalue weighted by Gasteiger charge is -2.38. The minimum Gasteiger partial charge on any atom is -0.495 e. The van der Waals surface area contributed by atoms with Gasteiger partial charge in [-0.2, -0.15) is 5.06 Å². The second kappa shape index (κ2) is 5.80. The lowest BCUT2D eigenvalue weighted by molar-refractivity contribution is -0.230. The highest BCUT2D eigenvalue weighted by Gasteiger charge is 2.23. The molecule has 2 rings (SSSR count). The molecule has 1 aromatic carbocycles. The molecule has 1 fully saturated rings. The lowest BCUT2D eigenvalue weighted by atomic mass is 10.2. The Bertz CT molecular complexity index is 407. The molecular formula is C15H24N2O2. The molecule has 0 aliphatic carbocycles. The smallest absolute Gasteiger partial charge is 0.142 e. The van der Waals surface area contributed by atoms with E-state index in [1.54, 1.807) is 7.11 Å². The molecule has 4 nitrogen and oxygen atoms in total. The van der Waals surface area contributed by atoms with Crippen LogP contribution in [-0.2, 0) is 4.84 Å². The molecule has 1 aliphatic rings. The summed E-state index contributed by atoms with van der Waals surface area (Å²) < 4.78 is 5.42. The van der Waals surface area contributed by atoms with E-state index >= 15 is 0 Å². The normalized spacial score (nSPS) is 17.6. The Hall–Kier alpha value is -1.26. The van der Waals surface area contributed by atoms with Gasteiger partial charge >= 0.3 is 0 Å². The largest absolute Gasteiger partial charge is 0.495 e. The second-order valence-corrected chi connectivity index (χ2v) is 5.79. The average molecular weight is 264 g/mol. The Morgan fingerprint density at radius 3 is 2.21 bits per heavy atom. The summed E-state index contributed by atoms with van der Waals surface area (Å²) in [5.41, 5.74) is 1.05. The van der Waals surface area contributed by atoms with Crippen molar-refractivity contribution in [3.05, 3.63) is 24.3 Å². The molecule has 19 heavy (non-hydrogen) atoms. The fourth-order valence-corrected chi connectivity index (χ4v) is 2.30. The summed E-state index contributed by atoms with van der Waals surface area (Å²) in [5, 5.41) is 2.06. The van der Waals surface area contributed by atoms with Gasteiger partial charge in [0, 0.05) is 26.2 Å². The quantitative estimate of drug-likeness (QED) is 0.837. The highest BCUT2D eigenvalue weighted by Crippen LogP contribution is 2.28. The van der Waals surface area contributed by atoms with Crippen LogP contribution in [-0.4, -0.2) is 44.0 Å².